The van der Waals surface area contributed by atoms with Gasteiger partial charge in [0.15, 0.2) is 0 Å². The zero-order chi connectivity index (χ0) is 22.9. The Morgan fingerprint density at radius 3 is 2.39 bits per heavy atom. The number of alkyl carbamates (subject to hydrolysis) is 1. The summed E-state index contributed by atoms with van der Waals surface area (Å²) < 4.78 is 5.13. The topological polar surface area (TPSA) is 87.7 Å². The van der Waals surface area contributed by atoms with Crippen LogP contribution in [0.3, 0.4) is 0 Å². The van der Waals surface area contributed by atoms with Crippen LogP contribution in [0, 0.1) is 5.92 Å². The molecule has 1 heterocycles. The summed E-state index contributed by atoms with van der Waals surface area (Å²) in [5.74, 6) is 0.221. The molecule has 8 heteroatoms. The van der Waals surface area contributed by atoms with Crippen molar-refractivity contribution in [1.82, 2.24) is 15.5 Å². The summed E-state index contributed by atoms with van der Waals surface area (Å²) in [4.78, 5) is 37.7. The summed E-state index contributed by atoms with van der Waals surface area (Å²) >= 11 is 5.87. The number of hydrogen-bond acceptors (Lipinski definition) is 4. The van der Waals surface area contributed by atoms with Crippen LogP contribution in [0.5, 0.6) is 0 Å². The largest absolute Gasteiger partial charge is 0.444 e. The number of halogens is 1. The van der Waals surface area contributed by atoms with Crippen LogP contribution in [-0.4, -0.2) is 54.6 Å². The molecular formula is C23H32ClN3O4. The van der Waals surface area contributed by atoms with Crippen LogP contribution >= 0.6 is 11.6 Å². The van der Waals surface area contributed by atoms with Crippen molar-refractivity contribution in [3.63, 3.8) is 0 Å². The first kappa shape index (κ1) is 24.7. The zero-order valence-electron chi connectivity index (χ0n) is 18.4. The Morgan fingerprint density at radius 1 is 1.13 bits per heavy atom. The SMILES string of the molecule is CC(C)(C)OC(=O)NCCC(=O)NCC1CCN(C(=O)/C=C/c2ccc(Cl)cc2)CC1. The standard InChI is InChI=1S/C23H32ClN3O4/c1-23(2,3)31-22(30)25-13-10-20(28)26-16-18-11-14-27(15-12-18)21(29)9-6-17-4-7-19(24)8-5-17/h4-9,18H,10-16H2,1-3H3,(H,25,30)(H,26,28)/b9-6+. The monoisotopic (exact) mass is 449 g/mol. The van der Waals surface area contributed by atoms with Crippen molar-refractivity contribution in [2.24, 2.45) is 5.92 Å². The van der Waals surface area contributed by atoms with Crippen molar-refractivity contribution in [3.8, 4) is 0 Å². The summed E-state index contributed by atoms with van der Waals surface area (Å²) in [6.07, 6.45) is 4.74. The van der Waals surface area contributed by atoms with Crippen LogP contribution in [-0.2, 0) is 14.3 Å². The molecule has 0 radical (unpaired) electrons. The second-order valence-electron chi connectivity index (χ2n) is 8.64. The first-order valence-electron chi connectivity index (χ1n) is 10.6. The quantitative estimate of drug-likeness (QED) is 0.622. The van der Waals surface area contributed by atoms with Crippen molar-refractivity contribution < 1.29 is 19.1 Å². The highest BCUT2D eigenvalue weighted by molar-refractivity contribution is 6.30. The lowest BCUT2D eigenvalue weighted by Crippen LogP contribution is -2.41. The predicted molar refractivity (Wildman–Crippen MR) is 122 cm³/mol. The highest BCUT2D eigenvalue weighted by atomic mass is 35.5. The van der Waals surface area contributed by atoms with E-state index in [2.05, 4.69) is 10.6 Å². The Morgan fingerprint density at radius 2 is 1.77 bits per heavy atom. The van der Waals surface area contributed by atoms with Gasteiger partial charge in [-0.1, -0.05) is 23.7 Å². The zero-order valence-corrected chi connectivity index (χ0v) is 19.2. The molecule has 0 aliphatic carbocycles. The normalized spacial score (nSPS) is 15.0. The Bertz CT molecular complexity index is 779. The predicted octanol–water partition coefficient (Wildman–Crippen LogP) is 3.62. The van der Waals surface area contributed by atoms with Gasteiger partial charge in [-0.3, -0.25) is 9.59 Å². The van der Waals surface area contributed by atoms with Crippen molar-refractivity contribution in [3.05, 3.63) is 40.9 Å². The third-order valence-electron chi connectivity index (χ3n) is 4.82. The maximum Gasteiger partial charge on any atom is 0.407 e. The van der Waals surface area contributed by atoms with Gasteiger partial charge < -0.3 is 20.3 Å². The number of hydrogen-bond donors (Lipinski definition) is 2. The number of rotatable bonds is 7. The number of nitrogens with zero attached hydrogens (tertiary/aromatic N) is 1. The Kier molecular flexibility index (Phi) is 9.37. The van der Waals surface area contributed by atoms with E-state index in [0.29, 0.717) is 30.6 Å². The number of benzene rings is 1. The molecule has 170 valence electrons. The van der Waals surface area contributed by atoms with Gasteiger partial charge in [-0.2, -0.15) is 0 Å². The molecule has 1 aliphatic heterocycles. The highest BCUT2D eigenvalue weighted by Gasteiger charge is 2.22. The molecule has 2 N–H and O–H groups in total. The molecule has 1 aromatic carbocycles. The average molecular weight is 450 g/mol. The fraction of sp³-hybridized carbons (Fsp3) is 0.522. The maximum absolute atomic E-state index is 12.4. The lowest BCUT2D eigenvalue weighted by atomic mass is 9.96. The summed E-state index contributed by atoms with van der Waals surface area (Å²) in [6, 6.07) is 7.31. The summed E-state index contributed by atoms with van der Waals surface area (Å²) in [6.45, 7) is 7.51. The molecule has 0 aromatic heterocycles. The second kappa shape index (κ2) is 11.7. The van der Waals surface area contributed by atoms with Crippen LogP contribution in [0.15, 0.2) is 30.3 Å². The first-order chi connectivity index (χ1) is 14.6. The molecule has 1 fully saturated rings. The van der Waals surface area contributed by atoms with Crippen LogP contribution in [0.25, 0.3) is 6.08 Å². The molecule has 0 atom stereocenters. The van der Waals surface area contributed by atoms with E-state index in [4.69, 9.17) is 16.3 Å². The molecule has 3 amide bonds. The second-order valence-corrected chi connectivity index (χ2v) is 9.07. The van der Waals surface area contributed by atoms with E-state index in [1.165, 1.54) is 0 Å². The molecule has 0 bridgehead atoms. The van der Waals surface area contributed by atoms with Crippen LogP contribution < -0.4 is 10.6 Å². The van der Waals surface area contributed by atoms with E-state index in [1.807, 2.05) is 17.0 Å². The number of amides is 3. The molecule has 1 aromatic rings. The van der Waals surface area contributed by atoms with Gasteiger partial charge in [0.2, 0.25) is 11.8 Å². The van der Waals surface area contributed by atoms with E-state index in [1.54, 1.807) is 45.1 Å². The van der Waals surface area contributed by atoms with Gasteiger partial charge >= 0.3 is 6.09 Å². The Hall–Kier alpha value is -2.54. The summed E-state index contributed by atoms with van der Waals surface area (Å²) in [5, 5.41) is 6.15. The van der Waals surface area contributed by atoms with Crippen LogP contribution in [0.2, 0.25) is 5.02 Å². The molecule has 0 spiro atoms. The molecular weight excluding hydrogens is 418 g/mol. The van der Waals surface area contributed by atoms with Gasteiger partial charge in [0.05, 0.1) is 0 Å². The first-order valence-corrected chi connectivity index (χ1v) is 11.0. The van der Waals surface area contributed by atoms with Gasteiger partial charge in [0.25, 0.3) is 0 Å². The van der Waals surface area contributed by atoms with Crippen molar-refractivity contribution >= 4 is 35.6 Å². The van der Waals surface area contributed by atoms with Crippen molar-refractivity contribution in [2.45, 2.75) is 45.6 Å². The fourth-order valence-corrected chi connectivity index (χ4v) is 3.27. The molecule has 1 aliphatic rings. The van der Waals surface area contributed by atoms with Gasteiger partial charge in [-0.05, 0) is 63.3 Å². The lowest BCUT2D eigenvalue weighted by Gasteiger charge is -2.31. The Labute approximate surface area is 189 Å². The molecule has 0 saturated carbocycles. The number of ether oxygens (including phenoxy) is 1. The van der Waals surface area contributed by atoms with Crippen LogP contribution in [0.4, 0.5) is 4.79 Å². The van der Waals surface area contributed by atoms with Gasteiger partial charge in [0, 0.05) is 43.7 Å². The van der Waals surface area contributed by atoms with Crippen LogP contribution in [0.1, 0.15) is 45.6 Å². The molecule has 1 saturated heterocycles. The minimum absolute atomic E-state index is 0.00865. The summed E-state index contributed by atoms with van der Waals surface area (Å²) in [7, 11) is 0. The number of carbonyl (C=O) groups is 3. The minimum atomic E-state index is -0.561. The lowest BCUT2D eigenvalue weighted by molar-refractivity contribution is -0.127. The number of carbonyl (C=O) groups excluding carboxylic acids is 3. The van der Waals surface area contributed by atoms with Gasteiger partial charge in [0.1, 0.15) is 5.60 Å². The number of piperidine rings is 1. The fourth-order valence-electron chi connectivity index (χ4n) is 3.14. The molecule has 7 nitrogen and oxygen atoms in total. The van der Waals surface area contributed by atoms with Gasteiger partial charge in [-0.25, -0.2) is 4.79 Å². The van der Waals surface area contributed by atoms with E-state index < -0.39 is 11.7 Å². The Balaban J connectivity index is 1.62. The van der Waals surface area contributed by atoms with Crippen molar-refractivity contribution in [1.29, 1.82) is 0 Å². The highest BCUT2D eigenvalue weighted by Crippen LogP contribution is 2.17. The third kappa shape index (κ3) is 9.87. The number of nitrogens with one attached hydrogen (secondary N) is 2. The molecule has 31 heavy (non-hydrogen) atoms. The average Bonchev–Trinajstić information content (AvgIpc) is 2.70. The van der Waals surface area contributed by atoms with Crippen molar-refractivity contribution in [2.75, 3.05) is 26.2 Å². The minimum Gasteiger partial charge on any atom is -0.444 e. The smallest absolute Gasteiger partial charge is 0.407 e. The summed E-state index contributed by atoms with van der Waals surface area (Å²) in [5.41, 5.74) is 0.366. The van der Waals surface area contributed by atoms with E-state index in [0.717, 1.165) is 18.4 Å². The van der Waals surface area contributed by atoms with Gasteiger partial charge in [-0.15, -0.1) is 0 Å². The third-order valence-corrected chi connectivity index (χ3v) is 5.07. The maximum atomic E-state index is 12.4. The molecule has 0 unspecified atom stereocenters. The van der Waals surface area contributed by atoms with E-state index >= 15 is 0 Å². The van der Waals surface area contributed by atoms with E-state index in [9.17, 15) is 14.4 Å². The molecule has 2 rings (SSSR count). The number of likely N-dealkylation sites (tertiary alicyclic amines) is 1. The van der Waals surface area contributed by atoms with E-state index in [-0.39, 0.29) is 24.8 Å².